The van der Waals surface area contributed by atoms with E-state index < -0.39 is 28.5 Å². The van der Waals surface area contributed by atoms with Crippen LogP contribution < -0.4 is 9.62 Å². The molecular formula is C29H33Cl2N3O4S. The Balaban J connectivity index is 2.05. The van der Waals surface area contributed by atoms with Crippen LogP contribution >= 0.6 is 23.2 Å². The third-order valence-electron chi connectivity index (χ3n) is 6.33. The van der Waals surface area contributed by atoms with Gasteiger partial charge in [-0.2, -0.15) is 0 Å². The van der Waals surface area contributed by atoms with E-state index in [2.05, 4.69) is 5.32 Å². The third kappa shape index (κ3) is 7.53. The fourth-order valence-corrected chi connectivity index (χ4v) is 5.92. The summed E-state index contributed by atoms with van der Waals surface area (Å²) in [4.78, 5) is 28.1. The van der Waals surface area contributed by atoms with Gasteiger partial charge in [0.1, 0.15) is 12.6 Å². The molecule has 0 saturated heterocycles. The van der Waals surface area contributed by atoms with Crippen LogP contribution in [0.15, 0.2) is 77.7 Å². The van der Waals surface area contributed by atoms with Gasteiger partial charge in [-0.1, -0.05) is 73.4 Å². The molecule has 0 aliphatic rings. The van der Waals surface area contributed by atoms with Crippen molar-refractivity contribution in [3.8, 4) is 0 Å². The number of rotatable bonds is 11. The van der Waals surface area contributed by atoms with Crippen LogP contribution in [0.5, 0.6) is 0 Å². The Morgan fingerprint density at radius 1 is 0.923 bits per heavy atom. The summed E-state index contributed by atoms with van der Waals surface area (Å²) in [5.74, 6) is -0.681. The average Bonchev–Trinajstić information content (AvgIpc) is 2.91. The van der Waals surface area contributed by atoms with Gasteiger partial charge >= 0.3 is 0 Å². The molecule has 7 nitrogen and oxygen atoms in total. The first-order valence-corrected chi connectivity index (χ1v) is 14.8. The molecule has 0 bridgehead atoms. The van der Waals surface area contributed by atoms with Crippen molar-refractivity contribution in [1.82, 2.24) is 10.2 Å². The van der Waals surface area contributed by atoms with Gasteiger partial charge in [-0.25, -0.2) is 8.42 Å². The van der Waals surface area contributed by atoms with Crippen molar-refractivity contribution in [2.45, 2.75) is 51.1 Å². The van der Waals surface area contributed by atoms with Crippen molar-refractivity contribution >= 4 is 50.7 Å². The number of anilines is 1. The number of nitrogens with one attached hydrogen (secondary N) is 1. The molecule has 3 aromatic rings. The Labute approximate surface area is 240 Å². The molecule has 1 unspecified atom stereocenters. The maximum absolute atomic E-state index is 13.9. The van der Waals surface area contributed by atoms with Gasteiger partial charge in [0.2, 0.25) is 11.8 Å². The van der Waals surface area contributed by atoms with Crippen molar-refractivity contribution in [3.63, 3.8) is 0 Å². The fraction of sp³-hybridized carbons (Fsp3) is 0.310. The molecule has 10 heteroatoms. The highest BCUT2D eigenvalue weighted by molar-refractivity contribution is 7.92. The molecule has 0 aliphatic carbocycles. The largest absolute Gasteiger partial charge is 0.355 e. The Kier molecular flexibility index (Phi) is 10.4. The number of likely N-dealkylation sites (N-methyl/N-ethyl adjacent to an activating group) is 1. The first kappa shape index (κ1) is 30.5. The molecule has 0 spiro atoms. The van der Waals surface area contributed by atoms with Gasteiger partial charge in [0.15, 0.2) is 0 Å². The summed E-state index contributed by atoms with van der Waals surface area (Å²) in [7, 11) is -4.12. The summed E-state index contributed by atoms with van der Waals surface area (Å²) in [6.07, 6.45) is 0. The number of carbonyl (C=O) groups excluding carboxylic acids is 2. The Bertz CT molecular complexity index is 1400. The van der Waals surface area contributed by atoms with Crippen LogP contribution in [-0.2, 0) is 26.2 Å². The molecular weight excluding hydrogens is 557 g/mol. The smallest absolute Gasteiger partial charge is 0.264 e. The molecule has 0 fully saturated rings. The molecule has 1 atom stereocenters. The highest BCUT2D eigenvalue weighted by Crippen LogP contribution is 2.27. The molecule has 0 radical (unpaired) electrons. The topological polar surface area (TPSA) is 86.8 Å². The zero-order valence-electron chi connectivity index (χ0n) is 22.4. The Morgan fingerprint density at radius 2 is 1.56 bits per heavy atom. The lowest BCUT2D eigenvalue weighted by Crippen LogP contribution is -2.51. The summed E-state index contributed by atoms with van der Waals surface area (Å²) in [5, 5.41) is 3.50. The van der Waals surface area contributed by atoms with E-state index in [0.717, 1.165) is 9.87 Å². The molecule has 0 aromatic heterocycles. The quantitative estimate of drug-likeness (QED) is 0.303. The van der Waals surface area contributed by atoms with Gasteiger partial charge in [0.25, 0.3) is 10.0 Å². The number of halogens is 2. The lowest BCUT2D eigenvalue weighted by atomic mass is 10.0. The van der Waals surface area contributed by atoms with Gasteiger partial charge in [-0.05, 0) is 67.3 Å². The maximum Gasteiger partial charge on any atom is 0.264 e. The van der Waals surface area contributed by atoms with Gasteiger partial charge in [-0.3, -0.25) is 13.9 Å². The predicted octanol–water partition coefficient (Wildman–Crippen LogP) is 5.87. The molecule has 0 saturated carbocycles. The van der Waals surface area contributed by atoms with E-state index in [0.29, 0.717) is 27.8 Å². The lowest BCUT2D eigenvalue weighted by Gasteiger charge is -2.32. The summed E-state index contributed by atoms with van der Waals surface area (Å²) < 4.78 is 28.7. The molecule has 0 aliphatic heterocycles. The summed E-state index contributed by atoms with van der Waals surface area (Å²) in [6, 6.07) is 19.0. The molecule has 0 heterocycles. The number of benzene rings is 3. The monoisotopic (exact) mass is 589 g/mol. The number of hydrogen-bond donors (Lipinski definition) is 1. The molecule has 208 valence electrons. The van der Waals surface area contributed by atoms with Gasteiger partial charge in [0.05, 0.1) is 10.6 Å². The standard InChI is InChI=1S/C29H33Cl2N3O4S/c1-5-32-29(36)21(4)33(18-23-11-14-24(30)17-27(23)31)28(35)19-34(25-15-12-22(13-16-25)20(2)3)39(37,38)26-9-7-6-8-10-26/h6-17,20-21H,5,18-19H2,1-4H3,(H,32,36). The predicted molar refractivity (Wildman–Crippen MR) is 157 cm³/mol. The normalized spacial score (nSPS) is 12.2. The molecule has 39 heavy (non-hydrogen) atoms. The third-order valence-corrected chi connectivity index (χ3v) is 8.71. The maximum atomic E-state index is 13.9. The number of amides is 2. The zero-order chi connectivity index (χ0) is 28.7. The van der Waals surface area contributed by atoms with Crippen LogP contribution in [0.1, 0.15) is 44.7 Å². The second-order valence-corrected chi connectivity index (χ2v) is 12.1. The zero-order valence-corrected chi connectivity index (χ0v) is 24.7. The van der Waals surface area contributed by atoms with Crippen LogP contribution in [0, 0.1) is 0 Å². The summed E-state index contributed by atoms with van der Waals surface area (Å²) in [5.41, 5.74) is 1.95. The van der Waals surface area contributed by atoms with Gasteiger partial charge in [-0.15, -0.1) is 0 Å². The minimum absolute atomic E-state index is 0.0152. The first-order chi connectivity index (χ1) is 18.4. The molecule has 3 rings (SSSR count). The van der Waals surface area contributed by atoms with E-state index in [1.54, 1.807) is 62.4 Å². The molecule has 3 aromatic carbocycles. The second-order valence-electron chi connectivity index (χ2n) is 9.40. The van der Waals surface area contributed by atoms with Gasteiger partial charge < -0.3 is 10.2 Å². The highest BCUT2D eigenvalue weighted by atomic mass is 35.5. The Morgan fingerprint density at radius 3 is 2.13 bits per heavy atom. The van der Waals surface area contributed by atoms with Crippen molar-refractivity contribution in [3.05, 3.63) is 94.0 Å². The molecule has 1 N–H and O–H groups in total. The minimum Gasteiger partial charge on any atom is -0.355 e. The summed E-state index contributed by atoms with van der Waals surface area (Å²) >= 11 is 12.4. The second kappa shape index (κ2) is 13.3. The SMILES string of the molecule is CCNC(=O)C(C)N(Cc1ccc(Cl)cc1Cl)C(=O)CN(c1ccc(C(C)C)cc1)S(=O)(=O)c1ccccc1. The van der Waals surface area contributed by atoms with E-state index in [4.69, 9.17) is 23.2 Å². The minimum atomic E-state index is -4.12. The van der Waals surface area contributed by atoms with Crippen molar-refractivity contribution < 1.29 is 18.0 Å². The highest BCUT2D eigenvalue weighted by Gasteiger charge is 2.32. The Hall–Kier alpha value is -3.07. The van der Waals surface area contributed by atoms with Gasteiger partial charge in [0, 0.05) is 23.1 Å². The van der Waals surface area contributed by atoms with Crippen molar-refractivity contribution in [2.75, 3.05) is 17.4 Å². The van der Waals surface area contributed by atoms with Crippen LogP contribution in [-0.4, -0.2) is 44.3 Å². The van der Waals surface area contributed by atoms with E-state index in [-0.39, 0.29) is 23.3 Å². The number of sulfonamides is 1. The fourth-order valence-electron chi connectivity index (χ4n) is 4.01. The van der Waals surface area contributed by atoms with Crippen LogP contribution in [0.25, 0.3) is 0 Å². The molecule has 2 amide bonds. The number of hydrogen-bond acceptors (Lipinski definition) is 4. The average molecular weight is 591 g/mol. The van der Waals surface area contributed by atoms with E-state index >= 15 is 0 Å². The van der Waals surface area contributed by atoms with E-state index in [1.807, 2.05) is 26.0 Å². The van der Waals surface area contributed by atoms with Crippen molar-refractivity contribution in [1.29, 1.82) is 0 Å². The first-order valence-electron chi connectivity index (χ1n) is 12.6. The van der Waals surface area contributed by atoms with Crippen LogP contribution in [0.2, 0.25) is 10.0 Å². The lowest BCUT2D eigenvalue weighted by molar-refractivity contribution is -0.139. The number of carbonyl (C=O) groups is 2. The number of nitrogens with zero attached hydrogens (tertiary/aromatic N) is 2. The van der Waals surface area contributed by atoms with E-state index in [9.17, 15) is 18.0 Å². The van der Waals surface area contributed by atoms with Crippen LogP contribution in [0.4, 0.5) is 5.69 Å². The van der Waals surface area contributed by atoms with E-state index in [1.165, 1.54) is 17.0 Å². The van der Waals surface area contributed by atoms with Crippen molar-refractivity contribution in [2.24, 2.45) is 0 Å². The van der Waals surface area contributed by atoms with Crippen LogP contribution in [0.3, 0.4) is 0 Å². The summed E-state index contributed by atoms with van der Waals surface area (Å²) in [6.45, 7) is 7.30.